The van der Waals surface area contributed by atoms with Gasteiger partial charge in [-0.25, -0.2) is 23.9 Å². The first-order valence-electron chi connectivity index (χ1n) is 12.0. The molecule has 4 aromatic rings. The van der Waals surface area contributed by atoms with Crippen molar-refractivity contribution in [3.05, 3.63) is 71.3 Å². The third kappa shape index (κ3) is 4.60. The number of hydrogen-bond donors (Lipinski definition) is 3. The van der Waals surface area contributed by atoms with Crippen molar-refractivity contribution in [1.82, 2.24) is 24.8 Å². The topological polar surface area (TPSA) is 132 Å². The number of benzene rings is 2. The summed E-state index contributed by atoms with van der Waals surface area (Å²) in [7, 11) is -4.81. The molecule has 2 atom stereocenters. The van der Waals surface area contributed by atoms with Gasteiger partial charge in [0.1, 0.15) is 23.0 Å². The van der Waals surface area contributed by atoms with E-state index in [4.69, 9.17) is 9.26 Å². The van der Waals surface area contributed by atoms with Crippen molar-refractivity contribution in [2.24, 2.45) is 0 Å². The first-order chi connectivity index (χ1) is 18.4. The van der Waals surface area contributed by atoms with E-state index in [2.05, 4.69) is 20.3 Å². The fourth-order valence-corrected chi connectivity index (χ4v) is 6.13. The van der Waals surface area contributed by atoms with Gasteiger partial charge in [0.2, 0.25) is 0 Å². The zero-order valence-corrected chi connectivity index (χ0v) is 21.6. The number of nitrogens with one attached hydrogen (secondary N) is 1. The van der Waals surface area contributed by atoms with E-state index in [0.29, 0.717) is 41.0 Å². The van der Waals surface area contributed by atoms with Crippen molar-refractivity contribution >= 4 is 18.9 Å². The van der Waals surface area contributed by atoms with Gasteiger partial charge in [-0.2, -0.15) is 8.78 Å². The van der Waals surface area contributed by atoms with E-state index < -0.39 is 25.9 Å². The van der Waals surface area contributed by atoms with Gasteiger partial charge in [-0.3, -0.25) is 4.52 Å². The lowest BCUT2D eigenvalue weighted by Gasteiger charge is -2.23. The summed E-state index contributed by atoms with van der Waals surface area (Å²) in [5.41, 5.74) is 1.48. The second-order valence-corrected chi connectivity index (χ2v) is 11.1. The van der Waals surface area contributed by atoms with Crippen molar-refractivity contribution in [3.8, 4) is 16.9 Å². The smallest absolute Gasteiger partial charge is 0.434 e. The minimum Gasteiger partial charge on any atom is -0.434 e. The Kier molecular flexibility index (Phi) is 6.05. The van der Waals surface area contributed by atoms with Crippen LogP contribution in [0, 0.1) is 5.82 Å². The molecule has 39 heavy (non-hydrogen) atoms. The van der Waals surface area contributed by atoms with Gasteiger partial charge in [0.05, 0.1) is 23.1 Å². The molecule has 0 saturated carbocycles. The summed E-state index contributed by atoms with van der Waals surface area (Å²) >= 11 is 0. The largest absolute Gasteiger partial charge is 0.470 e. The third-order valence-corrected chi connectivity index (χ3v) is 7.68. The van der Waals surface area contributed by atoms with Crippen LogP contribution in [0.15, 0.2) is 42.7 Å². The number of fused-ring (bicyclic) bond motifs is 9. The highest BCUT2D eigenvalue weighted by Crippen LogP contribution is 2.48. The van der Waals surface area contributed by atoms with Gasteiger partial charge < -0.3 is 24.4 Å². The monoisotopic (exact) mass is 561 g/mol. The summed E-state index contributed by atoms with van der Waals surface area (Å²) in [6.45, 7) is 0.277. The highest BCUT2D eigenvalue weighted by Gasteiger charge is 2.40. The van der Waals surface area contributed by atoms with E-state index in [1.165, 1.54) is 38.4 Å². The lowest BCUT2D eigenvalue weighted by Crippen LogP contribution is -2.23. The molecule has 0 spiro atoms. The maximum Gasteiger partial charge on any atom is 0.470 e. The number of alkyl halides is 2. The van der Waals surface area contributed by atoms with E-state index in [1.54, 1.807) is 12.1 Å². The SMILES string of the molecule is CC(C)(OP(=O)(O)O)c1ncc(-c2cc3c(cc2F)nc2n3[C@@H]3C[C@H]2NCc2cccc(OC(F)F)c23)cn1. The number of aromatic nitrogens is 4. The zero-order valence-electron chi connectivity index (χ0n) is 20.7. The van der Waals surface area contributed by atoms with Crippen molar-refractivity contribution in [2.45, 2.75) is 51.1 Å². The van der Waals surface area contributed by atoms with E-state index in [1.807, 2.05) is 10.6 Å². The van der Waals surface area contributed by atoms with Crippen LogP contribution in [0.3, 0.4) is 0 Å². The van der Waals surface area contributed by atoms with Crippen molar-refractivity contribution < 1.29 is 36.8 Å². The summed E-state index contributed by atoms with van der Waals surface area (Å²) in [5, 5.41) is 3.42. The number of imidazole rings is 1. The molecule has 2 bridgehead atoms. The van der Waals surface area contributed by atoms with Crippen LogP contribution < -0.4 is 10.1 Å². The molecule has 0 saturated heterocycles. The predicted octanol–water partition coefficient (Wildman–Crippen LogP) is 4.72. The summed E-state index contributed by atoms with van der Waals surface area (Å²) in [5.74, 6) is 0.197. The summed E-state index contributed by atoms with van der Waals surface area (Å²) in [6, 6.07) is 7.44. The van der Waals surface area contributed by atoms with E-state index in [-0.39, 0.29) is 29.2 Å². The highest BCUT2D eigenvalue weighted by atomic mass is 31.2. The average Bonchev–Trinajstić information content (AvgIpc) is 3.29. The Labute approximate surface area is 220 Å². The molecule has 0 amide bonds. The van der Waals surface area contributed by atoms with E-state index in [0.717, 1.165) is 5.56 Å². The molecule has 2 aromatic heterocycles. The molecule has 2 aliphatic rings. The van der Waals surface area contributed by atoms with E-state index >= 15 is 4.39 Å². The van der Waals surface area contributed by atoms with Crippen LogP contribution >= 0.6 is 7.82 Å². The lowest BCUT2D eigenvalue weighted by atomic mass is 9.97. The van der Waals surface area contributed by atoms with Gasteiger partial charge in [0, 0.05) is 41.7 Å². The molecule has 2 aromatic carbocycles. The quantitative estimate of drug-likeness (QED) is 0.286. The molecule has 0 radical (unpaired) electrons. The summed E-state index contributed by atoms with van der Waals surface area (Å²) in [4.78, 5) is 31.3. The van der Waals surface area contributed by atoms with Gasteiger partial charge in [-0.15, -0.1) is 0 Å². The molecule has 4 heterocycles. The normalized spacial score (nSPS) is 18.8. The summed E-state index contributed by atoms with van der Waals surface area (Å²) < 4.78 is 64.6. The summed E-state index contributed by atoms with van der Waals surface area (Å²) in [6.07, 6.45) is 3.25. The van der Waals surface area contributed by atoms with Crippen molar-refractivity contribution in [1.29, 1.82) is 0 Å². The molecule has 10 nitrogen and oxygen atoms in total. The Balaban J connectivity index is 1.44. The van der Waals surface area contributed by atoms with Gasteiger partial charge >= 0.3 is 14.4 Å². The van der Waals surface area contributed by atoms with Gasteiger partial charge in [0.25, 0.3) is 0 Å². The molecule has 0 unspecified atom stereocenters. The Hall–Kier alpha value is -3.35. The maximum absolute atomic E-state index is 15.3. The Morgan fingerprint density at radius 3 is 2.64 bits per heavy atom. The van der Waals surface area contributed by atoms with E-state index in [9.17, 15) is 23.1 Å². The Morgan fingerprint density at radius 2 is 1.95 bits per heavy atom. The molecular weight excluding hydrogens is 538 g/mol. The fourth-order valence-electron chi connectivity index (χ4n) is 5.45. The number of halogens is 3. The van der Waals surface area contributed by atoms with Crippen LogP contribution in [0.5, 0.6) is 5.75 Å². The molecule has 14 heteroatoms. The molecule has 204 valence electrons. The van der Waals surface area contributed by atoms with Crippen LogP contribution in [-0.2, 0) is 21.2 Å². The van der Waals surface area contributed by atoms with Crippen molar-refractivity contribution in [3.63, 3.8) is 0 Å². The first-order valence-corrected chi connectivity index (χ1v) is 13.5. The molecular formula is C25H23F3N5O5P. The number of hydrogen-bond acceptors (Lipinski definition) is 7. The molecule has 0 aliphatic carbocycles. The van der Waals surface area contributed by atoms with Gasteiger partial charge in [0.15, 0.2) is 5.82 Å². The molecule has 2 aliphatic heterocycles. The van der Waals surface area contributed by atoms with Crippen molar-refractivity contribution in [2.75, 3.05) is 0 Å². The number of phosphoric acid groups is 1. The number of phosphoric ester groups is 1. The standard InChI is InChI=1S/C25H23F3N5O5P/c1-25(2,38-39(34,35)36)23-30-10-13(11-31-23)14-6-18-16(7-15(14)26)32-22-17-8-19(33(18)22)21-12(9-29-17)4-3-5-20(21)37-24(27)28/h3-7,10-11,17,19,24,29H,8-9H2,1-2H3,(H2,34,35,36)/t17-,19-/m1/s1. The zero-order chi connectivity index (χ0) is 27.7. The highest BCUT2D eigenvalue weighted by molar-refractivity contribution is 7.46. The second kappa shape index (κ2) is 9.10. The Morgan fingerprint density at radius 1 is 1.21 bits per heavy atom. The molecule has 3 N–H and O–H groups in total. The van der Waals surface area contributed by atoms with Gasteiger partial charge in [-0.05, 0) is 38.0 Å². The Bertz CT molecular complexity index is 1640. The van der Waals surface area contributed by atoms with Crippen LogP contribution in [0.4, 0.5) is 13.2 Å². The van der Waals surface area contributed by atoms with Crippen LogP contribution in [-0.4, -0.2) is 35.9 Å². The third-order valence-electron chi connectivity index (χ3n) is 6.98. The minimum atomic E-state index is -4.81. The lowest BCUT2D eigenvalue weighted by molar-refractivity contribution is -0.0507. The minimum absolute atomic E-state index is 0.000550. The number of ether oxygens (including phenoxy) is 1. The number of rotatable bonds is 6. The fraction of sp³-hybridized carbons (Fsp3) is 0.320. The first kappa shape index (κ1) is 25.9. The van der Waals surface area contributed by atoms with Crippen LogP contribution in [0.2, 0.25) is 0 Å². The van der Waals surface area contributed by atoms with Crippen LogP contribution in [0.25, 0.3) is 22.2 Å². The second-order valence-electron chi connectivity index (χ2n) is 9.94. The predicted molar refractivity (Wildman–Crippen MR) is 132 cm³/mol. The average molecular weight is 561 g/mol. The van der Waals surface area contributed by atoms with Crippen LogP contribution in [0.1, 0.15) is 55.1 Å². The number of nitrogens with zero attached hydrogens (tertiary/aromatic N) is 4. The molecule has 6 rings (SSSR count). The molecule has 0 fully saturated rings. The van der Waals surface area contributed by atoms with Gasteiger partial charge in [-0.1, -0.05) is 12.1 Å². The maximum atomic E-state index is 15.3.